The predicted octanol–water partition coefficient (Wildman–Crippen LogP) is 1.08. The second-order valence-corrected chi connectivity index (χ2v) is 5.82. The highest BCUT2D eigenvalue weighted by Crippen LogP contribution is 2.34. The van der Waals surface area contributed by atoms with E-state index in [2.05, 4.69) is 17.3 Å². The predicted molar refractivity (Wildman–Crippen MR) is 73.3 cm³/mol. The lowest BCUT2D eigenvalue weighted by atomic mass is 9.96. The minimum absolute atomic E-state index is 0.373. The highest BCUT2D eigenvalue weighted by molar-refractivity contribution is 5.79. The molecule has 5 heteroatoms. The molecule has 2 atom stereocenters. The molecule has 2 aliphatic rings. The molecule has 2 N–H and O–H groups in total. The lowest BCUT2D eigenvalue weighted by molar-refractivity contribution is -0.144. The molecule has 1 saturated heterocycles. The third-order valence-electron chi connectivity index (χ3n) is 4.76. The van der Waals surface area contributed by atoms with Crippen LogP contribution in [0.3, 0.4) is 0 Å². The van der Waals surface area contributed by atoms with E-state index < -0.39 is 11.5 Å². The fourth-order valence-electron chi connectivity index (χ4n) is 3.53. The Kier molecular flexibility index (Phi) is 4.81. The SMILES string of the molecule is CCNC1(C(=O)O)CCC(N(C)C2CCOCC2)C1. The molecule has 0 aromatic heterocycles. The first-order valence-corrected chi connectivity index (χ1v) is 7.37. The van der Waals surface area contributed by atoms with Crippen molar-refractivity contribution in [1.29, 1.82) is 0 Å². The molecule has 5 nitrogen and oxygen atoms in total. The number of rotatable bonds is 5. The van der Waals surface area contributed by atoms with Crippen molar-refractivity contribution in [2.75, 3.05) is 26.8 Å². The quantitative estimate of drug-likeness (QED) is 0.783. The van der Waals surface area contributed by atoms with Crippen LogP contribution >= 0.6 is 0 Å². The van der Waals surface area contributed by atoms with Crippen LogP contribution in [0.15, 0.2) is 0 Å². The van der Waals surface area contributed by atoms with Crippen molar-refractivity contribution in [3.05, 3.63) is 0 Å². The molecule has 0 aromatic rings. The molecule has 0 spiro atoms. The van der Waals surface area contributed by atoms with Gasteiger partial charge in [-0.15, -0.1) is 0 Å². The smallest absolute Gasteiger partial charge is 0.323 e. The summed E-state index contributed by atoms with van der Waals surface area (Å²) in [4.78, 5) is 14.0. The molecular formula is C14H26N2O3. The normalized spacial score (nSPS) is 32.9. The number of likely N-dealkylation sites (N-methyl/N-ethyl adjacent to an activating group) is 1. The number of aliphatic carboxylic acids is 1. The van der Waals surface area contributed by atoms with E-state index in [1.165, 1.54) is 0 Å². The lowest BCUT2D eigenvalue weighted by Gasteiger charge is -2.36. The van der Waals surface area contributed by atoms with Gasteiger partial charge in [0.2, 0.25) is 0 Å². The summed E-state index contributed by atoms with van der Waals surface area (Å²) < 4.78 is 5.40. The Bertz CT molecular complexity index is 318. The number of hydrogen-bond donors (Lipinski definition) is 2. The van der Waals surface area contributed by atoms with Gasteiger partial charge in [0, 0.05) is 25.3 Å². The summed E-state index contributed by atoms with van der Waals surface area (Å²) >= 11 is 0. The number of ether oxygens (including phenoxy) is 1. The second-order valence-electron chi connectivity index (χ2n) is 5.82. The van der Waals surface area contributed by atoms with Crippen molar-refractivity contribution < 1.29 is 14.6 Å². The Morgan fingerprint density at radius 2 is 2.05 bits per heavy atom. The molecule has 110 valence electrons. The standard InChI is InChI=1S/C14H26N2O3/c1-3-15-14(13(17)18)7-4-12(10-14)16(2)11-5-8-19-9-6-11/h11-12,15H,3-10H2,1-2H3,(H,17,18). The highest BCUT2D eigenvalue weighted by Gasteiger charge is 2.46. The third-order valence-corrected chi connectivity index (χ3v) is 4.76. The number of carboxylic acids is 1. The summed E-state index contributed by atoms with van der Waals surface area (Å²) in [7, 11) is 2.14. The second kappa shape index (κ2) is 6.20. The Labute approximate surface area is 115 Å². The number of carbonyl (C=O) groups is 1. The van der Waals surface area contributed by atoms with Crippen molar-refractivity contribution in [2.45, 2.75) is 56.7 Å². The van der Waals surface area contributed by atoms with Crippen LogP contribution in [0.25, 0.3) is 0 Å². The van der Waals surface area contributed by atoms with Gasteiger partial charge in [0.25, 0.3) is 0 Å². The molecule has 0 radical (unpaired) electrons. The van der Waals surface area contributed by atoms with E-state index in [9.17, 15) is 9.90 Å². The van der Waals surface area contributed by atoms with Gasteiger partial charge in [-0.05, 0) is 45.7 Å². The van der Waals surface area contributed by atoms with Crippen molar-refractivity contribution in [3.63, 3.8) is 0 Å². The van der Waals surface area contributed by atoms with Crippen molar-refractivity contribution in [3.8, 4) is 0 Å². The van der Waals surface area contributed by atoms with Crippen LogP contribution in [-0.4, -0.2) is 60.4 Å². The first-order valence-electron chi connectivity index (χ1n) is 7.37. The third kappa shape index (κ3) is 3.09. The average molecular weight is 270 g/mol. The molecule has 2 fully saturated rings. The maximum absolute atomic E-state index is 11.6. The van der Waals surface area contributed by atoms with Crippen molar-refractivity contribution in [2.24, 2.45) is 0 Å². The number of nitrogens with zero attached hydrogens (tertiary/aromatic N) is 1. The van der Waals surface area contributed by atoms with Gasteiger partial charge in [0.15, 0.2) is 0 Å². The van der Waals surface area contributed by atoms with Gasteiger partial charge >= 0.3 is 5.97 Å². The first-order chi connectivity index (χ1) is 9.09. The lowest BCUT2D eigenvalue weighted by Crippen LogP contribution is -2.52. The topological polar surface area (TPSA) is 61.8 Å². The summed E-state index contributed by atoms with van der Waals surface area (Å²) in [5, 5.41) is 12.7. The van der Waals surface area contributed by atoms with Crippen LogP contribution in [0, 0.1) is 0 Å². The van der Waals surface area contributed by atoms with Crippen LogP contribution in [0.2, 0.25) is 0 Å². The molecule has 2 rings (SSSR count). The molecule has 0 bridgehead atoms. The van der Waals surface area contributed by atoms with Crippen LogP contribution in [0.5, 0.6) is 0 Å². The zero-order valence-corrected chi connectivity index (χ0v) is 12.0. The van der Waals surface area contributed by atoms with Gasteiger partial charge < -0.3 is 20.1 Å². The molecule has 1 saturated carbocycles. The molecule has 0 amide bonds. The number of nitrogens with one attached hydrogen (secondary N) is 1. The zero-order valence-electron chi connectivity index (χ0n) is 12.0. The van der Waals surface area contributed by atoms with Crippen LogP contribution in [0.4, 0.5) is 0 Å². The van der Waals surface area contributed by atoms with Crippen molar-refractivity contribution in [1.82, 2.24) is 10.2 Å². The van der Waals surface area contributed by atoms with Gasteiger partial charge in [-0.3, -0.25) is 4.79 Å². The highest BCUT2D eigenvalue weighted by atomic mass is 16.5. The number of carboxylic acid groups (broad SMARTS) is 1. The Hall–Kier alpha value is -0.650. The Morgan fingerprint density at radius 1 is 1.37 bits per heavy atom. The van der Waals surface area contributed by atoms with Gasteiger partial charge in [0.05, 0.1) is 0 Å². The van der Waals surface area contributed by atoms with E-state index in [0.29, 0.717) is 25.0 Å². The molecular weight excluding hydrogens is 244 g/mol. The van der Waals surface area contributed by atoms with Gasteiger partial charge in [-0.2, -0.15) is 0 Å². The summed E-state index contributed by atoms with van der Waals surface area (Å²) in [6, 6.07) is 0.920. The molecule has 0 aromatic carbocycles. The largest absolute Gasteiger partial charge is 0.480 e. The van der Waals surface area contributed by atoms with Gasteiger partial charge in [-0.1, -0.05) is 6.92 Å². The Morgan fingerprint density at radius 3 is 2.63 bits per heavy atom. The maximum Gasteiger partial charge on any atom is 0.323 e. The fraction of sp³-hybridized carbons (Fsp3) is 0.929. The molecule has 19 heavy (non-hydrogen) atoms. The first kappa shape index (κ1) is 14.8. The van der Waals surface area contributed by atoms with Gasteiger partial charge in [-0.25, -0.2) is 0 Å². The summed E-state index contributed by atoms with van der Waals surface area (Å²) in [6.07, 6.45) is 4.54. The molecule has 1 heterocycles. The van der Waals surface area contributed by atoms with Crippen molar-refractivity contribution >= 4 is 5.97 Å². The summed E-state index contributed by atoms with van der Waals surface area (Å²) in [5.74, 6) is -0.697. The van der Waals surface area contributed by atoms with E-state index >= 15 is 0 Å². The van der Waals surface area contributed by atoms with E-state index in [1.807, 2.05) is 6.92 Å². The van der Waals surface area contributed by atoms with E-state index in [-0.39, 0.29) is 0 Å². The fourth-order valence-corrected chi connectivity index (χ4v) is 3.53. The van der Waals surface area contributed by atoms with E-state index in [0.717, 1.165) is 38.9 Å². The summed E-state index contributed by atoms with van der Waals surface area (Å²) in [5.41, 5.74) is -0.709. The zero-order chi connectivity index (χ0) is 13.9. The van der Waals surface area contributed by atoms with Crippen LogP contribution in [-0.2, 0) is 9.53 Å². The average Bonchev–Trinajstić information content (AvgIpc) is 2.85. The van der Waals surface area contributed by atoms with Gasteiger partial charge in [0.1, 0.15) is 5.54 Å². The minimum Gasteiger partial charge on any atom is -0.480 e. The van der Waals surface area contributed by atoms with Crippen LogP contribution < -0.4 is 5.32 Å². The van der Waals surface area contributed by atoms with Crippen LogP contribution in [0.1, 0.15) is 39.0 Å². The summed E-state index contributed by atoms with van der Waals surface area (Å²) in [6.45, 7) is 4.35. The number of hydrogen-bond acceptors (Lipinski definition) is 4. The van der Waals surface area contributed by atoms with E-state index in [4.69, 9.17) is 4.74 Å². The van der Waals surface area contributed by atoms with E-state index in [1.54, 1.807) is 0 Å². The molecule has 1 aliphatic carbocycles. The molecule has 1 aliphatic heterocycles. The maximum atomic E-state index is 11.6. The monoisotopic (exact) mass is 270 g/mol. The Balaban J connectivity index is 1.97. The minimum atomic E-state index is -0.709. The molecule has 2 unspecified atom stereocenters.